The van der Waals surface area contributed by atoms with Crippen LogP contribution in [0.2, 0.25) is 0 Å². The highest BCUT2D eigenvalue weighted by molar-refractivity contribution is 5.95. The molecule has 11 nitrogen and oxygen atoms in total. The molecule has 2 atom stereocenters. The molecule has 0 spiro atoms. The molecule has 2 aromatic rings. The first-order chi connectivity index (χ1) is 18.5. The summed E-state index contributed by atoms with van der Waals surface area (Å²) in [5, 5.41) is 10.2. The lowest BCUT2D eigenvalue weighted by molar-refractivity contribution is -0.147. The van der Waals surface area contributed by atoms with Gasteiger partial charge in [0, 0.05) is 19.6 Å². The number of ether oxygens (including phenoxy) is 1. The van der Waals surface area contributed by atoms with Gasteiger partial charge in [0.2, 0.25) is 23.6 Å². The van der Waals surface area contributed by atoms with Crippen molar-refractivity contribution in [3.63, 3.8) is 0 Å². The Hall–Kier alpha value is -3.54. The summed E-state index contributed by atoms with van der Waals surface area (Å²) in [7, 11) is 0. The van der Waals surface area contributed by atoms with Gasteiger partial charge in [0.25, 0.3) is 0 Å². The molecule has 39 heavy (non-hydrogen) atoms. The normalized spacial score (nSPS) is 15.7. The molecule has 0 aliphatic carbocycles. The highest BCUT2D eigenvalue weighted by Crippen LogP contribution is 2.18. The molecule has 4 amide bonds. The van der Waals surface area contributed by atoms with E-state index in [1.807, 2.05) is 47.4 Å². The fourth-order valence-electron chi connectivity index (χ4n) is 4.01. The van der Waals surface area contributed by atoms with Gasteiger partial charge in [-0.1, -0.05) is 42.5 Å². The quantitative estimate of drug-likeness (QED) is 0.312. The Labute approximate surface area is 228 Å². The molecule has 212 valence electrons. The van der Waals surface area contributed by atoms with Crippen molar-refractivity contribution in [1.29, 1.82) is 0 Å². The van der Waals surface area contributed by atoms with Crippen molar-refractivity contribution >= 4 is 34.4 Å². The van der Waals surface area contributed by atoms with Crippen molar-refractivity contribution in [3.05, 3.63) is 48.0 Å². The van der Waals surface area contributed by atoms with Crippen LogP contribution in [0.25, 0.3) is 10.8 Å². The second-order valence-electron chi connectivity index (χ2n) is 10.5. The molecule has 1 aliphatic rings. The fourth-order valence-corrected chi connectivity index (χ4v) is 4.01. The Kier molecular flexibility index (Phi) is 10.8. The number of benzene rings is 2. The molecule has 0 aromatic heterocycles. The summed E-state index contributed by atoms with van der Waals surface area (Å²) in [5.41, 5.74) is 2.63. The summed E-state index contributed by atoms with van der Waals surface area (Å²) in [6, 6.07) is 11.6. The van der Waals surface area contributed by atoms with E-state index in [-0.39, 0.29) is 19.5 Å². The number of hydrogen-bond acceptors (Lipinski definition) is 7. The Bertz CT molecular complexity index is 1150. The average molecular weight is 542 g/mol. The van der Waals surface area contributed by atoms with Gasteiger partial charge < -0.3 is 20.7 Å². The topological polar surface area (TPSA) is 138 Å². The third kappa shape index (κ3) is 9.93. The predicted octanol–water partition coefficient (Wildman–Crippen LogP) is 1.01. The Balaban J connectivity index is 1.59. The van der Waals surface area contributed by atoms with Crippen LogP contribution in [0.3, 0.4) is 0 Å². The van der Waals surface area contributed by atoms with E-state index in [2.05, 4.69) is 21.4 Å². The molecule has 0 saturated carbocycles. The molecular formula is C28H39N5O6. The minimum Gasteiger partial charge on any atom is -0.379 e. The first-order valence-corrected chi connectivity index (χ1v) is 13.1. The van der Waals surface area contributed by atoms with Gasteiger partial charge in [-0.2, -0.15) is 0 Å². The monoisotopic (exact) mass is 541 g/mol. The highest BCUT2D eigenvalue weighted by Gasteiger charge is 2.28. The zero-order valence-electron chi connectivity index (χ0n) is 23.0. The number of nitrogens with one attached hydrogen (secondary N) is 4. The average Bonchev–Trinajstić information content (AvgIpc) is 2.90. The maximum absolute atomic E-state index is 13.1. The summed E-state index contributed by atoms with van der Waals surface area (Å²) in [5.74, 6) is -2.03. The predicted molar refractivity (Wildman–Crippen MR) is 146 cm³/mol. The molecule has 4 N–H and O–H groups in total. The lowest BCUT2D eigenvalue weighted by atomic mass is 10.0. The van der Waals surface area contributed by atoms with Crippen molar-refractivity contribution in [1.82, 2.24) is 26.3 Å². The number of carbonyl (C=O) groups excluding carboxylic acids is 4. The number of fused-ring (bicyclic) bond motifs is 1. The number of hydrogen-bond donors (Lipinski definition) is 4. The van der Waals surface area contributed by atoms with Crippen molar-refractivity contribution in [2.45, 2.75) is 58.3 Å². The first kappa shape index (κ1) is 30.0. The summed E-state index contributed by atoms with van der Waals surface area (Å²) in [6.07, 6.45) is -0.360. The van der Waals surface area contributed by atoms with E-state index in [1.165, 1.54) is 0 Å². The number of carbonyl (C=O) groups is 4. The van der Waals surface area contributed by atoms with Crippen LogP contribution < -0.4 is 21.4 Å². The third-order valence-electron chi connectivity index (χ3n) is 6.07. The van der Waals surface area contributed by atoms with Gasteiger partial charge in [0.05, 0.1) is 31.8 Å². The maximum atomic E-state index is 13.1. The van der Waals surface area contributed by atoms with Crippen molar-refractivity contribution in [2.75, 3.05) is 32.8 Å². The Morgan fingerprint density at radius 2 is 1.64 bits per heavy atom. The first-order valence-electron chi connectivity index (χ1n) is 13.1. The second-order valence-corrected chi connectivity index (χ2v) is 10.5. The van der Waals surface area contributed by atoms with Crippen molar-refractivity contribution in [3.8, 4) is 0 Å². The number of nitrogens with zero attached hydrogens (tertiary/aromatic N) is 1. The van der Waals surface area contributed by atoms with Crippen molar-refractivity contribution < 1.29 is 28.8 Å². The van der Waals surface area contributed by atoms with E-state index in [4.69, 9.17) is 9.57 Å². The van der Waals surface area contributed by atoms with Gasteiger partial charge in [0.1, 0.15) is 12.1 Å². The molecule has 1 fully saturated rings. The summed E-state index contributed by atoms with van der Waals surface area (Å²) >= 11 is 0. The van der Waals surface area contributed by atoms with Crippen LogP contribution in [0.4, 0.5) is 0 Å². The largest absolute Gasteiger partial charge is 0.379 e. The molecular weight excluding hydrogens is 502 g/mol. The van der Waals surface area contributed by atoms with Crippen LogP contribution >= 0.6 is 0 Å². The van der Waals surface area contributed by atoms with E-state index in [0.717, 1.165) is 16.3 Å². The lowest BCUT2D eigenvalue weighted by Crippen LogP contribution is -2.55. The van der Waals surface area contributed by atoms with Gasteiger partial charge in [-0.15, -0.1) is 0 Å². The fraction of sp³-hybridized carbons (Fsp3) is 0.500. The van der Waals surface area contributed by atoms with Gasteiger partial charge in [-0.05, 0) is 44.0 Å². The van der Waals surface area contributed by atoms with Crippen LogP contribution in [0, 0.1) is 0 Å². The molecule has 2 aromatic carbocycles. The Morgan fingerprint density at radius 3 is 2.36 bits per heavy atom. The summed E-state index contributed by atoms with van der Waals surface area (Å²) in [6.45, 7) is 9.42. The molecule has 3 rings (SSSR count). The van der Waals surface area contributed by atoms with Crippen LogP contribution in [0.1, 0.15) is 39.7 Å². The SMILES string of the molecule is CC(NC(=O)C(CC(=O)NOC(C)(C)C)NC(=O)CN1CCOCC1)C(=O)NCc1cccc2ccccc12. The zero-order valence-corrected chi connectivity index (χ0v) is 23.0. The maximum Gasteiger partial charge on any atom is 0.246 e. The van der Waals surface area contributed by atoms with E-state index >= 15 is 0 Å². The minimum absolute atomic E-state index is 0.0638. The summed E-state index contributed by atoms with van der Waals surface area (Å²) < 4.78 is 5.30. The number of hydroxylamine groups is 1. The molecule has 1 saturated heterocycles. The zero-order chi connectivity index (χ0) is 28.4. The van der Waals surface area contributed by atoms with Gasteiger partial charge in [-0.3, -0.25) is 28.9 Å². The highest BCUT2D eigenvalue weighted by atomic mass is 16.7. The smallest absolute Gasteiger partial charge is 0.246 e. The standard InChI is InChI=1S/C28H39N5O6/c1-19(26(36)29-17-21-10-7-9-20-8-5-6-11-22(20)21)30-27(37)23(16-24(34)32-39-28(2,3)4)31-25(35)18-33-12-14-38-15-13-33/h5-11,19,23H,12-18H2,1-4H3,(H,29,36)(H,30,37)(H,31,35)(H,32,34). The van der Waals surface area contributed by atoms with Gasteiger partial charge >= 0.3 is 0 Å². The second kappa shape index (κ2) is 14.0. The number of amides is 4. The van der Waals surface area contributed by atoms with Crippen LogP contribution in [-0.2, 0) is 35.3 Å². The minimum atomic E-state index is -1.20. The van der Waals surface area contributed by atoms with E-state index in [9.17, 15) is 19.2 Å². The summed E-state index contributed by atoms with van der Waals surface area (Å²) in [4.78, 5) is 58.3. The number of rotatable bonds is 11. The van der Waals surface area contributed by atoms with E-state index < -0.39 is 41.3 Å². The molecule has 1 aliphatic heterocycles. The number of morpholine rings is 1. The van der Waals surface area contributed by atoms with Crippen LogP contribution in [0.5, 0.6) is 0 Å². The molecule has 11 heteroatoms. The van der Waals surface area contributed by atoms with E-state index in [0.29, 0.717) is 26.3 Å². The lowest BCUT2D eigenvalue weighted by Gasteiger charge is -2.27. The van der Waals surface area contributed by atoms with E-state index in [1.54, 1.807) is 27.7 Å². The van der Waals surface area contributed by atoms with Crippen LogP contribution in [0.15, 0.2) is 42.5 Å². The molecule has 2 unspecified atom stereocenters. The molecule has 0 radical (unpaired) electrons. The van der Waals surface area contributed by atoms with Gasteiger partial charge in [0.15, 0.2) is 0 Å². The van der Waals surface area contributed by atoms with Gasteiger partial charge in [-0.25, -0.2) is 5.48 Å². The van der Waals surface area contributed by atoms with Crippen LogP contribution in [-0.4, -0.2) is 79.1 Å². The third-order valence-corrected chi connectivity index (χ3v) is 6.07. The van der Waals surface area contributed by atoms with Crippen molar-refractivity contribution in [2.24, 2.45) is 0 Å². The Morgan fingerprint density at radius 1 is 0.949 bits per heavy atom. The molecule has 1 heterocycles. The molecule has 0 bridgehead atoms.